The van der Waals surface area contributed by atoms with E-state index in [1.54, 1.807) is 31.2 Å². The fourth-order valence-corrected chi connectivity index (χ4v) is 1.31. The van der Waals surface area contributed by atoms with Gasteiger partial charge in [-0.3, -0.25) is 0 Å². The van der Waals surface area contributed by atoms with Crippen molar-refractivity contribution in [2.75, 3.05) is 6.61 Å². The normalized spacial score (nSPS) is 10.1. The third-order valence-corrected chi connectivity index (χ3v) is 2.14. The lowest BCUT2D eigenvalue weighted by Gasteiger charge is -2.05. The lowest BCUT2D eigenvalue weighted by atomic mass is 10.2. The van der Waals surface area contributed by atoms with Crippen LogP contribution in [0.1, 0.15) is 23.1 Å². The summed E-state index contributed by atoms with van der Waals surface area (Å²) in [6.45, 7) is 2.34. The van der Waals surface area contributed by atoms with E-state index in [-0.39, 0.29) is 12.6 Å². The average molecular weight is 248 g/mol. The van der Waals surface area contributed by atoms with Crippen molar-refractivity contribution in [1.29, 1.82) is 0 Å². The minimum Gasteiger partial charge on any atom is -0.485 e. The first kappa shape index (κ1) is 12.1. The van der Waals surface area contributed by atoms with Crippen LogP contribution in [0.2, 0.25) is 0 Å². The summed E-state index contributed by atoms with van der Waals surface area (Å²) in [5.41, 5.74) is 0.490. The number of hydrogen-bond donors (Lipinski definition) is 0. The summed E-state index contributed by atoms with van der Waals surface area (Å²) in [7, 11) is 0. The molecule has 0 radical (unpaired) electrons. The molecule has 0 saturated heterocycles. The summed E-state index contributed by atoms with van der Waals surface area (Å²) in [4.78, 5) is 15.2. The summed E-state index contributed by atoms with van der Waals surface area (Å²) >= 11 is 0. The van der Waals surface area contributed by atoms with Gasteiger partial charge in [0.2, 0.25) is 12.2 Å². The van der Waals surface area contributed by atoms with Gasteiger partial charge in [-0.25, -0.2) is 4.79 Å². The fraction of sp³-hybridized carbons (Fsp3) is 0.250. The molecular formula is C12H12N2O4. The van der Waals surface area contributed by atoms with E-state index >= 15 is 0 Å². The molecule has 0 fully saturated rings. The Balaban J connectivity index is 1.93. The van der Waals surface area contributed by atoms with E-state index in [0.29, 0.717) is 23.7 Å². The third kappa shape index (κ3) is 3.07. The van der Waals surface area contributed by atoms with Crippen LogP contribution in [-0.2, 0) is 11.3 Å². The molecule has 0 aliphatic carbocycles. The van der Waals surface area contributed by atoms with Crippen LogP contribution in [0, 0.1) is 0 Å². The predicted octanol–water partition coefficient (Wildman–Crippen LogP) is 1.83. The second-order valence-electron chi connectivity index (χ2n) is 3.38. The minimum absolute atomic E-state index is 0.218. The lowest BCUT2D eigenvalue weighted by Crippen LogP contribution is -2.04. The summed E-state index contributed by atoms with van der Waals surface area (Å²) in [5, 5.41) is 3.62. The Morgan fingerprint density at radius 2 is 2.11 bits per heavy atom. The first-order chi connectivity index (χ1) is 8.79. The number of aromatic nitrogens is 2. The summed E-state index contributed by atoms with van der Waals surface area (Å²) in [6.07, 6.45) is 1.24. The largest absolute Gasteiger partial charge is 0.485 e. The number of hydrogen-bond acceptors (Lipinski definition) is 6. The molecule has 0 unspecified atom stereocenters. The number of rotatable bonds is 5. The van der Waals surface area contributed by atoms with Crippen molar-refractivity contribution in [2.24, 2.45) is 0 Å². The molecule has 0 aliphatic rings. The standard InChI is InChI=1S/C12H12N2O4/c1-2-16-12(15)9-3-5-10(6-4-9)17-7-11-13-8-18-14-11/h3-6,8H,2,7H2,1H3. The second kappa shape index (κ2) is 5.81. The van der Waals surface area contributed by atoms with Crippen molar-refractivity contribution in [2.45, 2.75) is 13.5 Å². The third-order valence-electron chi connectivity index (χ3n) is 2.14. The van der Waals surface area contributed by atoms with Gasteiger partial charge in [0.1, 0.15) is 5.75 Å². The van der Waals surface area contributed by atoms with Gasteiger partial charge in [-0.2, -0.15) is 4.98 Å². The minimum atomic E-state index is -0.345. The number of ether oxygens (including phenoxy) is 2. The van der Waals surface area contributed by atoms with Gasteiger partial charge in [0.25, 0.3) is 0 Å². The van der Waals surface area contributed by atoms with E-state index in [9.17, 15) is 4.79 Å². The summed E-state index contributed by atoms with van der Waals surface area (Å²) < 4.78 is 14.9. The fourth-order valence-electron chi connectivity index (χ4n) is 1.31. The average Bonchev–Trinajstić information content (AvgIpc) is 2.90. The zero-order valence-electron chi connectivity index (χ0n) is 9.83. The Bertz CT molecular complexity index is 493. The SMILES string of the molecule is CCOC(=O)c1ccc(OCc2ncon2)cc1. The van der Waals surface area contributed by atoms with Gasteiger partial charge >= 0.3 is 5.97 Å². The molecule has 1 aromatic heterocycles. The highest BCUT2D eigenvalue weighted by molar-refractivity contribution is 5.89. The van der Waals surface area contributed by atoms with Crippen LogP contribution in [0.5, 0.6) is 5.75 Å². The second-order valence-corrected chi connectivity index (χ2v) is 3.38. The van der Waals surface area contributed by atoms with Gasteiger partial charge in [-0.05, 0) is 31.2 Å². The maximum atomic E-state index is 11.4. The highest BCUT2D eigenvalue weighted by Gasteiger charge is 2.06. The van der Waals surface area contributed by atoms with E-state index in [1.165, 1.54) is 6.39 Å². The zero-order chi connectivity index (χ0) is 12.8. The highest BCUT2D eigenvalue weighted by atomic mass is 16.5. The monoisotopic (exact) mass is 248 g/mol. The van der Waals surface area contributed by atoms with Crippen LogP contribution in [0.4, 0.5) is 0 Å². The molecule has 94 valence electrons. The number of carbonyl (C=O) groups excluding carboxylic acids is 1. The molecule has 0 spiro atoms. The Morgan fingerprint density at radius 1 is 1.33 bits per heavy atom. The van der Waals surface area contributed by atoms with Gasteiger partial charge in [-0.15, -0.1) is 0 Å². The molecule has 1 aromatic carbocycles. The van der Waals surface area contributed by atoms with Crippen LogP contribution in [-0.4, -0.2) is 22.7 Å². The van der Waals surface area contributed by atoms with Crippen molar-refractivity contribution in [1.82, 2.24) is 10.1 Å². The lowest BCUT2D eigenvalue weighted by molar-refractivity contribution is 0.0526. The molecule has 0 N–H and O–H groups in total. The van der Waals surface area contributed by atoms with Crippen molar-refractivity contribution in [3.63, 3.8) is 0 Å². The van der Waals surface area contributed by atoms with E-state index < -0.39 is 0 Å². The Kier molecular flexibility index (Phi) is 3.90. The van der Waals surface area contributed by atoms with Crippen molar-refractivity contribution in [3.05, 3.63) is 42.0 Å². The molecule has 6 heteroatoms. The Morgan fingerprint density at radius 3 is 2.72 bits per heavy atom. The van der Waals surface area contributed by atoms with Gasteiger partial charge < -0.3 is 14.0 Å². The highest BCUT2D eigenvalue weighted by Crippen LogP contribution is 2.14. The van der Waals surface area contributed by atoms with Crippen LogP contribution in [0.15, 0.2) is 35.2 Å². The van der Waals surface area contributed by atoms with E-state index in [0.717, 1.165) is 0 Å². The maximum Gasteiger partial charge on any atom is 0.338 e. The van der Waals surface area contributed by atoms with Crippen LogP contribution in [0.25, 0.3) is 0 Å². The van der Waals surface area contributed by atoms with Crippen molar-refractivity contribution < 1.29 is 18.8 Å². The summed E-state index contributed by atoms with van der Waals surface area (Å²) in [5.74, 6) is 0.736. The number of carbonyl (C=O) groups is 1. The first-order valence-electron chi connectivity index (χ1n) is 5.45. The smallest absolute Gasteiger partial charge is 0.338 e. The molecule has 6 nitrogen and oxygen atoms in total. The predicted molar refractivity (Wildman–Crippen MR) is 61.0 cm³/mol. The van der Waals surface area contributed by atoms with E-state index in [1.807, 2.05) is 0 Å². The molecule has 2 rings (SSSR count). The molecule has 1 heterocycles. The van der Waals surface area contributed by atoms with E-state index in [4.69, 9.17) is 9.47 Å². The van der Waals surface area contributed by atoms with Gasteiger partial charge in [-0.1, -0.05) is 5.16 Å². The van der Waals surface area contributed by atoms with Gasteiger partial charge in [0, 0.05) is 0 Å². The van der Waals surface area contributed by atoms with Crippen LogP contribution >= 0.6 is 0 Å². The van der Waals surface area contributed by atoms with Gasteiger partial charge in [0.15, 0.2) is 6.61 Å². The molecule has 18 heavy (non-hydrogen) atoms. The molecule has 0 atom stereocenters. The van der Waals surface area contributed by atoms with Crippen LogP contribution < -0.4 is 4.74 Å². The van der Waals surface area contributed by atoms with Crippen molar-refractivity contribution >= 4 is 5.97 Å². The molecule has 0 saturated carbocycles. The zero-order valence-corrected chi connectivity index (χ0v) is 9.83. The number of esters is 1. The molecule has 2 aromatic rings. The Labute approximate surface area is 104 Å². The quantitative estimate of drug-likeness (QED) is 0.751. The molecular weight excluding hydrogens is 236 g/mol. The van der Waals surface area contributed by atoms with E-state index in [2.05, 4.69) is 14.7 Å². The first-order valence-corrected chi connectivity index (χ1v) is 5.45. The summed E-state index contributed by atoms with van der Waals surface area (Å²) in [6, 6.07) is 6.66. The topological polar surface area (TPSA) is 74.5 Å². The number of nitrogens with zero attached hydrogens (tertiary/aromatic N) is 2. The number of benzene rings is 1. The molecule has 0 bridgehead atoms. The maximum absolute atomic E-state index is 11.4. The molecule has 0 amide bonds. The van der Waals surface area contributed by atoms with Crippen LogP contribution in [0.3, 0.4) is 0 Å². The van der Waals surface area contributed by atoms with Gasteiger partial charge in [0.05, 0.1) is 12.2 Å². The Hall–Kier alpha value is -2.37. The molecule has 0 aliphatic heterocycles. The van der Waals surface area contributed by atoms with Crippen molar-refractivity contribution in [3.8, 4) is 5.75 Å².